The lowest BCUT2D eigenvalue weighted by molar-refractivity contribution is -0.163. The van der Waals surface area contributed by atoms with Crippen LogP contribution in [0.3, 0.4) is 0 Å². The van der Waals surface area contributed by atoms with E-state index in [1.165, 1.54) is 13.5 Å². The molecule has 4 N–H and O–H groups in total. The molecule has 25 heavy (non-hydrogen) atoms. The van der Waals surface area contributed by atoms with E-state index in [-0.39, 0.29) is 17.3 Å². The number of carbonyl (C=O) groups excluding carboxylic acids is 3. The third-order valence-corrected chi connectivity index (χ3v) is 6.48. The average molecular weight is 354 g/mol. The van der Waals surface area contributed by atoms with Crippen LogP contribution in [0.25, 0.3) is 0 Å². The molecule has 0 heterocycles. The van der Waals surface area contributed by atoms with Crippen molar-refractivity contribution in [3.05, 3.63) is 0 Å². The monoisotopic (exact) mass is 354 g/mol. The van der Waals surface area contributed by atoms with Gasteiger partial charge in [0.1, 0.15) is 12.1 Å². The molecule has 142 valence electrons. The van der Waals surface area contributed by atoms with Crippen LogP contribution in [-0.4, -0.2) is 37.1 Å². The molecule has 7 nitrogen and oxygen atoms in total. The van der Waals surface area contributed by atoms with Gasteiger partial charge in [0.2, 0.25) is 0 Å². The van der Waals surface area contributed by atoms with Gasteiger partial charge in [-0.15, -0.1) is 0 Å². The Morgan fingerprint density at radius 3 is 2.24 bits per heavy atom. The van der Waals surface area contributed by atoms with Crippen molar-refractivity contribution in [2.75, 3.05) is 7.11 Å². The lowest BCUT2D eigenvalue weighted by Gasteiger charge is -2.43. The minimum absolute atomic E-state index is 0.121. The number of fused-ring (bicyclic) bond motifs is 2. The van der Waals surface area contributed by atoms with Crippen LogP contribution >= 0.6 is 0 Å². The first-order valence-electron chi connectivity index (χ1n) is 8.84. The average Bonchev–Trinajstić information content (AvgIpc) is 3.01. The van der Waals surface area contributed by atoms with Crippen LogP contribution in [-0.2, 0) is 23.9 Å². The van der Waals surface area contributed by atoms with Gasteiger partial charge in [0.05, 0.1) is 13.5 Å². The summed E-state index contributed by atoms with van der Waals surface area (Å²) in [5.74, 6) is -1.42. The molecule has 0 aromatic heterocycles. The number of methoxy groups -OCH3 is 1. The smallest absolute Gasteiger partial charge is 0.331 e. The fraction of sp³-hybridized carbons (Fsp3) is 0.833. The van der Waals surface area contributed by atoms with E-state index in [0.29, 0.717) is 18.3 Å². The Bertz CT molecular complexity index is 557. The van der Waals surface area contributed by atoms with E-state index in [9.17, 15) is 14.4 Å². The van der Waals surface area contributed by atoms with Gasteiger partial charge in [-0.3, -0.25) is 4.79 Å². The highest BCUT2D eigenvalue weighted by atomic mass is 16.6. The van der Waals surface area contributed by atoms with Gasteiger partial charge in [-0.1, -0.05) is 20.8 Å². The third-order valence-electron chi connectivity index (χ3n) is 6.48. The minimum atomic E-state index is -1.24. The number of rotatable bonds is 6. The Balaban J connectivity index is 1.92. The highest BCUT2D eigenvalue weighted by Gasteiger charge is 2.59. The van der Waals surface area contributed by atoms with E-state index >= 15 is 0 Å². The van der Waals surface area contributed by atoms with Crippen molar-refractivity contribution >= 4 is 17.9 Å². The van der Waals surface area contributed by atoms with E-state index in [1.807, 2.05) is 0 Å². The largest absolute Gasteiger partial charge is 0.469 e. The molecule has 0 spiro atoms. The molecule has 2 saturated carbocycles. The molecular weight excluding hydrogens is 324 g/mol. The van der Waals surface area contributed by atoms with E-state index in [1.54, 1.807) is 0 Å². The number of esters is 3. The molecule has 0 aromatic carbocycles. The van der Waals surface area contributed by atoms with Crippen molar-refractivity contribution in [3.63, 3.8) is 0 Å². The third kappa shape index (κ3) is 3.87. The molecule has 7 heteroatoms. The van der Waals surface area contributed by atoms with Crippen molar-refractivity contribution < 1.29 is 23.9 Å². The zero-order chi connectivity index (χ0) is 19.0. The summed E-state index contributed by atoms with van der Waals surface area (Å²) in [6.07, 6.45) is 3.68. The molecule has 2 rings (SSSR count). The van der Waals surface area contributed by atoms with Crippen LogP contribution in [0.5, 0.6) is 0 Å². The molecule has 0 radical (unpaired) electrons. The van der Waals surface area contributed by atoms with E-state index in [4.69, 9.17) is 16.2 Å². The minimum Gasteiger partial charge on any atom is -0.469 e. The summed E-state index contributed by atoms with van der Waals surface area (Å²) in [5, 5.41) is 0. The second-order valence-electron chi connectivity index (χ2n) is 8.44. The van der Waals surface area contributed by atoms with Gasteiger partial charge in [0, 0.05) is 0 Å². The standard InChI is InChI=1S/C18H30N2O5/c1-17(2)10-5-6-18(3,9-10)13(17)7-11(19)15(22)25-16(23)12(20)8-14(21)24-4/h10-13H,5-9,19-20H2,1-4H3/t10?,11-,12-,13?,18?/m0/s1. The second kappa shape index (κ2) is 7.03. The summed E-state index contributed by atoms with van der Waals surface area (Å²) < 4.78 is 9.21. The second-order valence-corrected chi connectivity index (χ2v) is 8.44. The maximum atomic E-state index is 12.2. The highest BCUT2D eigenvalue weighted by molar-refractivity contribution is 5.92. The van der Waals surface area contributed by atoms with Crippen molar-refractivity contribution in [3.8, 4) is 0 Å². The molecule has 2 aliphatic rings. The Kier molecular flexibility index (Phi) is 5.59. The SMILES string of the molecule is COC(=O)C[C@H](N)C(=O)OC(=O)[C@@H](N)CC1C2(C)CCC(C2)C1(C)C. The lowest BCUT2D eigenvalue weighted by atomic mass is 9.62. The normalized spacial score (nSPS) is 32.1. The zero-order valence-corrected chi connectivity index (χ0v) is 15.5. The highest BCUT2D eigenvalue weighted by Crippen LogP contribution is 2.67. The first-order chi connectivity index (χ1) is 11.5. The number of nitrogens with two attached hydrogens (primary N) is 2. The first kappa shape index (κ1) is 19.8. The van der Waals surface area contributed by atoms with Crippen molar-refractivity contribution in [1.29, 1.82) is 0 Å². The summed E-state index contributed by atoms with van der Waals surface area (Å²) in [4.78, 5) is 35.2. The molecule has 3 unspecified atom stereocenters. The predicted octanol–water partition coefficient (Wildman–Crippen LogP) is 1.13. The number of hydrogen-bond acceptors (Lipinski definition) is 7. The van der Waals surface area contributed by atoms with E-state index < -0.39 is 30.0 Å². The number of ether oxygens (including phenoxy) is 2. The Hall–Kier alpha value is -1.47. The summed E-state index contributed by atoms with van der Waals surface area (Å²) in [5.41, 5.74) is 11.9. The molecule has 2 bridgehead atoms. The maximum absolute atomic E-state index is 12.2. The van der Waals surface area contributed by atoms with Crippen LogP contribution in [0.15, 0.2) is 0 Å². The van der Waals surface area contributed by atoms with Crippen LogP contribution in [0.2, 0.25) is 0 Å². The summed E-state index contributed by atoms with van der Waals surface area (Å²) >= 11 is 0. The van der Waals surface area contributed by atoms with Gasteiger partial charge in [0.15, 0.2) is 0 Å². The quantitative estimate of drug-likeness (QED) is 0.541. The zero-order valence-electron chi connectivity index (χ0n) is 15.5. The van der Waals surface area contributed by atoms with Gasteiger partial charge in [-0.25, -0.2) is 9.59 Å². The summed E-state index contributed by atoms with van der Waals surface area (Å²) in [6, 6.07) is -2.12. The number of hydrogen-bond donors (Lipinski definition) is 2. The van der Waals surface area contributed by atoms with Crippen LogP contribution in [0, 0.1) is 22.7 Å². The maximum Gasteiger partial charge on any atom is 0.331 e. The first-order valence-corrected chi connectivity index (χ1v) is 8.84. The topological polar surface area (TPSA) is 122 Å². The summed E-state index contributed by atoms with van der Waals surface area (Å²) in [7, 11) is 1.19. The van der Waals surface area contributed by atoms with E-state index in [0.717, 1.165) is 12.8 Å². The molecular formula is C18H30N2O5. The van der Waals surface area contributed by atoms with Gasteiger partial charge in [-0.2, -0.15) is 0 Å². The van der Waals surface area contributed by atoms with Crippen molar-refractivity contribution in [2.24, 2.45) is 34.1 Å². The van der Waals surface area contributed by atoms with Crippen LogP contribution in [0.4, 0.5) is 0 Å². The molecule has 2 aliphatic carbocycles. The molecule has 0 saturated heterocycles. The van der Waals surface area contributed by atoms with Crippen LogP contribution in [0.1, 0.15) is 52.9 Å². The Morgan fingerprint density at radius 1 is 1.12 bits per heavy atom. The van der Waals surface area contributed by atoms with E-state index in [2.05, 4.69) is 25.5 Å². The molecule has 0 aliphatic heterocycles. The van der Waals surface area contributed by atoms with Crippen LogP contribution < -0.4 is 11.5 Å². The molecule has 0 aromatic rings. The number of carbonyl (C=O) groups is 3. The fourth-order valence-electron chi connectivity index (χ4n) is 4.94. The molecule has 2 fully saturated rings. The molecule has 0 amide bonds. The van der Waals surface area contributed by atoms with Crippen molar-refractivity contribution in [1.82, 2.24) is 0 Å². The van der Waals surface area contributed by atoms with Gasteiger partial charge >= 0.3 is 17.9 Å². The van der Waals surface area contributed by atoms with Gasteiger partial charge in [-0.05, 0) is 48.3 Å². The fourth-order valence-corrected chi connectivity index (χ4v) is 4.94. The van der Waals surface area contributed by atoms with Crippen molar-refractivity contribution in [2.45, 2.75) is 65.0 Å². The van der Waals surface area contributed by atoms with Gasteiger partial charge in [0.25, 0.3) is 0 Å². The molecule has 5 atom stereocenters. The van der Waals surface area contributed by atoms with Gasteiger partial charge < -0.3 is 20.9 Å². The lowest BCUT2D eigenvalue weighted by Crippen LogP contribution is -2.45. The Labute approximate surface area is 148 Å². The Morgan fingerprint density at radius 2 is 1.72 bits per heavy atom. The predicted molar refractivity (Wildman–Crippen MR) is 91.0 cm³/mol. The summed E-state index contributed by atoms with van der Waals surface area (Å²) in [6.45, 7) is 6.74.